The van der Waals surface area contributed by atoms with E-state index < -0.39 is 10.0 Å². The maximum atomic E-state index is 11.8. The van der Waals surface area contributed by atoms with Crippen LogP contribution < -0.4 is 10.0 Å². The average molecular weight is 242 g/mol. The van der Waals surface area contributed by atoms with Crippen molar-refractivity contribution in [2.75, 3.05) is 20.1 Å². The van der Waals surface area contributed by atoms with Crippen LogP contribution in [0.1, 0.15) is 11.1 Å². The van der Waals surface area contributed by atoms with Gasteiger partial charge in [0.05, 0.1) is 4.90 Å². The first-order valence-corrected chi connectivity index (χ1v) is 6.67. The summed E-state index contributed by atoms with van der Waals surface area (Å²) in [6.45, 7) is 4.87. The molecule has 0 radical (unpaired) electrons. The SMILES string of the molecule is CNCCNS(=O)(=O)c1ccc(C)c(C)c1. The van der Waals surface area contributed by atoms with E-state index in [9.17, 15) is 8.42 Å². The third-order valence-corrected chi connectivity index (χ3v) is 3.91. The second-order valence-corrected chi connectivity index (χ2v) is 5.51. The molecule has 0 atom stereocenters. The number of rotatable bonds is 5. The van der Waals surface area contributed by atoms with E-state index in [4.69, 9.17) is 0 Å². The molecule has 4 nitrogen and oxygen atoms in total. The molecule has 1 aromatic carbocycles. The van der Waals surface area contributed by atoms with Gasteiger partial charge in [-0.15, -0.1) is 0 Å². The summed E-state index contributed by atoms with van der Waals surface area (Å²) in [5.74, 6) is 0. The Morgan fingerprint density at radius 3 is 2.38 bits per heavy atom. The normalized spacial score (nSPS) is 11.7. The minimum Gasteiger partial charge on any atom is -0.318 e. The lowest BCUT2D eigenvalue weighted by Gasteiger charge is -2.08. The summed E-state index contributed by atoms with van der Waals surface area (Å²) in [7, 11) is -1.58. The second-order valence-electron chi connectivity index (χ2n) is 3.75. The summed E-state index contributed by atoms with van der Waals surface area (Å²) in [6, 6.07) is 5.14. The minimum absolute atomic E-state index is 0.326. The van der Waals surface area contributed by atoms with E-state index in [1.54, 1.807) is 19.2 Å². The van der Waals surface area contributed by atoms with Gasteiger partial charge in [-0.05, 0) is 44.2 Å². The zero-order valence-corrected chi connectivity index (χ0v) is 10.7. The van der Waals surface area contributed by atoms with E-state index in [1.165, 1.54) is 0 Å². The van der Waals surface area contributed by atoms with E-state index in [0.29, 0.717) is 18.0 Å². The summed E-state index contributed by atoms with van der Waals surface area (Å²) < 4.78 is 26.2. The third-order valence-electron chi connectivity index (χ3n) is 2.46. The molecule has 1 aromatic rings. The van der Waals surface area contributed by atoms with Crippen molar-refractivity contribution in [2.45, 2.75) is 18.7 Å². The highest BCUT2D eigenvalue weighted by molar-refractivity contribution is 7.89. The molecule has 0 unspecified atom stereocenters. The molecule has 0 aromatic heterocycles. The first-order valence-electron chi connectivity index (χ1n) is 5.19. The second kappa shape index (κ2) is 5.43. The van der Waals surface area contributed by atoms with Gasteiger partial charge in [0.25, 0.3) is 0 Å². The molecule has 0 amide bonds. The number of hydrogen-bond donors (Lipinski definition) is 2. The van der Waals surface area contributed by atoms with Crippen LogP contribution in [0, 0.1) is 13.8 Å². The summed E-state index contributed by atoms with van der Waals surface area (Å²) in [5, 5.41) is 2.89. The van der Waals surface area contributed by atoms with Gasteiger partial charge in [-0.25, -0.2) is 13.1 Å². The van der Waals surface area contributed by atoms with E-state index in [-0.39, 0.29) is 0 Å². The zero-order chi connectivity index (χ0) is 12.2. The lowest BCUT2D eigenvalue weighted by atomic mass is 10.1. The fraction of sp³-hybridized carbons (Fsp3) is 0.455. The highest BCUT2D eigenvalue weighted by atomic mass is 32.2. The van der Waals surface area contributed by atoms with Crippen molar-refractivity contribution in [1.82, 2.24) is 10.0 Å². The van der Waals surface area contributed by atoms with Crippen LogP contribution in [0.5, 0.6) is 0 Å². The molecular weight excluding hydrogens is 224 g/mol. The standard InChI is InChI=1S/C11H18N2O2S/c1-9-4-5-11(8-10(9)2)16(14,15)13-7-6-12-3/h4-5,8,12-13H,6-7H2,1-3H3. The molecule has 5 heteroatoms. The van der Waals surface area contributed by atoms with Gasteiger partial charge in [0, 0.05) is 13.1 Å². The fourth-order valence-corrected chi connectivity index (χ4v) is 2.39. The molecule has 0 aliphatic rings. The number of sulfonamides is 1. The van der Waals surface area contributed by atoms with Gasteiger partial charge >= 0.3 is 0 Å². The Labute approximate surface area is 97.1 Å². The summed E-state index contributed by atoms with van der Waals surface area (Å²) >= 11 is 0. The van der Waals surface area contributed by atoms with Crippen molar-refractivity contribution in [1.29, 1.82) is 0 Å². The van der Waals surface area contributed by atoms with E-state index in [0.717, 1.165) is 11.1 Å². The third kappa shape index (κ3) is 3.30. The summed E-state index contributed by atoms with van der Waals surface area (Å²) in [4.78, 5) is 0.326. The van der Waals surface area contributed by atoms with Crippen LogP contribution in [0.3, 0.4) is 0 Å². The molecule has 90 valence electrons. The van der Waals surface area contributed by atoms with E-state index in [2.05, 4.69) is 10.0 Å². The van der Waals surface area contributed by atoms with Gasteiger partial charge in [0.15, 0.2) is 0 Å². The first kappa shape index (κ1) is 13.2. The van der Waals surface area contributed by atoms with E-state index in [1.807, 2.05) is 19.9 Å². The Morgan fingerprint density at radius 2 is 1.81 bits per heavy atom. The predicted molar refractivity (Wildman–Crippen MR) is 65.0 cm³/mol. The molecule has 2 N–H and O–H groups in total. The molecule has 1 rings (SSSR count). The maximum Gasteiger partial charge on any atom is 0.240 e. The van der Waals surface area contributed by atoms with Crippen LogP contribution in [0.4, 0.5) is 0 Å². The molecule has 0 spiro atoms. The fourth-order valence-electron chi connectivity index (χ4n) is 1.27. The predicted octanol–water partition coefficient (Wildman–Crippen LogP) is 0.801. The topological polar surface area (TPSA) is 58.2 Å². The number of benzene rings is 1. The average Bonchev–Trinajstić information content (AvgIpc) is 2.22. The molecule has 0 heterocycles. The van der Waals surface area contributed by atoms with Crippen molar-refractivity contribution >= 4 is 10.0 Å². The Kier molecular flexibility index (Phi) is 4.46. The van der Waals surface area contributed by atoms with Crippen molar-refractivity contribution in [2.24, 2.45) is 0 Å². The van der Waals surface area contributed by atoms with Gasteiger partial charge in [-0.2, -0.15) is 0 Å². The van der Waals surface area contributed by atoms with Crippen LogP contribution in [-0.2, 0) is 10.0 Å². The molecule has 0 saturated heterocycles. The van der Waals surface area contributed by atoms with Gasteiger partial charge < -0.3 is 5.32 Å². The van der Waals surface area contributed by atoms with Crippen molar-refractivity contribution < 1.29 is 8.42 Å². The van der Waals surface area contributed by atoms with Gasteiger partial charge in [-0.3, -0.25) is 0 Å². The van der Waals surface area contributed by atoms with Crippen LogP contribution in [0.25, 0.3) is 0 Å². The maximum absolute atomic E-state index is 11.8. The van der Waals surface area contributed by atoms with Crippen LogP contribution in [0.2, 0.25) is 0 Å². The van der Waals surface area contributed by atoms with Crippen LogP contribution in [0.15, 0.2) is 23.1 Å². The van der Waals surface area contributed by atoms with Crippen molar-refractivity contribution in [3.63, 3.8) is 0 Å². The highest BCUT2D eigenvalue weighted by Gasteiger charge is 2.13. The Hall–Kier alpha value is -0.910. The molecular formula is C11H18N2O2S. The number of aryl methyl sites for hydroxylation is 2. The minimum atomic E-state index is -3.36. The van der Waals surface area contributed by atoms with Crippen LogP contribution >= 0.6 is 0 Å². The molecule has 0 aliphatic carbocycles. The number of hydrogen-bond acceptors (Lipinski definition) is 3. The smallest absolute Gasteiger partial charge is 0.240 e. The van der Waals surface area contributed by atoms with Gasteiger partial charge in [-0.1, -0.05) is 6.07 Å². The monoisotopic (exact) mass is 242 g/mol. The Bertz CT molecular complexity index is 455. The van der Waals surface area contributed by atoms with Crippen LogP contribution in [-0.4, -0.2) is 28.6 Å². The summed E-state index contributed by atoms with van der Waals surface area (Å²) in [6.07, 6.45) is 0. The Morgan fingerprint density at radius 1 is 1.12 bits per heavy atom. The summed E-state index contributed by atoms with van der Waals surface area (Å²) in [5.41, 5.74) is 2.07. The largest absolute Gasteiger partial charge is 0.318 e. The first-order chi connectivity index (χ1) is 7.47. The van der Waals surface area contributed by atoms with Gasteiger partial charge in [0.2, 0.25) is 10.0 Å². The lowest BCUT2D eigenvalue weighted by molar-refractivity contribution is 0.579. The molecule has 0 saturated carbocycles. The number of nitrogens with one attached hydrogen (secondary N) is 2. The quantitative estimate of drug-likeness (QED) is 0.751. The lowest BCUT2D eigenvalue weighted by Crippen LogP contribution is -2.30. The molecule has 0 aliphatic heterocycles. The Balaban J connectivity index is 2.86. The number of likely N-dealkylation sites (N-methyl/N-ethyl adjacent to an activating group) is 1. The van der Waals surface area contributed by atoms with E-state index >= 15 is 0 Å². The van der Waals surface area contributed by atoms with Gasteiger partial charge in [0.1, 0.15) is 0 Å². The molecule has 0 fully saturated rings. The molecule has 16 heavy (non-hydrogen) atoms. The molecule has 0 bridgehead atoms. The van der Waals surface area contributed by atoms with Crippen molar-refractivity contribution in [3.8, 4) is 0 Å². The highest BCUT2D eigenvalue weighted by Crippen LogP contribution is 2.14. The zero-order valence-electron chi connectivity index (χ0n) is 9.87. The van der Waals surface area contributed by atoms with Crippen molar-refractivity contribution in [3.05, 3.63) is 29.3 Å².